The summed E-state index contributed by atoms with van der Waals surface area (Å²) in [7, 11) is 0. The molecular formula is C14H19N3O. The molecule has 1 saturated heterocycles. The fraction of sp³-hybridized carbons (Fsp3) is 0.571. The summed E-state index contributed by atoms with van der Waals surface area (Å²) in [5, 5.41) is 0. The van der Waals surface area contributed by atoms with Crippen LogP contribution in [0.1, 0.15) is 36.0 Å². The Morgan fingerprint density at radius 3 is 2.56 bits per heavy atom. The van der Waals surface area contributed by atoms with Gasteiger partial charge in [-0.25, -0.2) is 0 Å². The zero-order valence-corrected chi connectivity index (χ0v) is 10.5. The van der Waals surface area contributed by atoms with Crippen LogP contribution >= 0.6 is 0 Å². The molecule has 3 rings (SSSR count). The Balaban J connectivity index is 1.85. The summed E-state index contributed by atoms with van der Waals surface area (Å²) in [6, 6.07) is 1.91. The molecule has 1 aliphatic carbocycles. The number of anilines is 1. The van der Waals surface area contributed by atoms with Crippen LogP contribution in [0.25, 0.3) is 0 Å². The summed E-state index contributed by atoms with van der Waals surface area (Å²) in [5.41, 5.74) is 6.94. The van der Waals surface area contributed by atoms with Crippen LogP contribution in [-0.2, 0) is 0 Å². The molecule has 96 valence electrons. The number of carbonyl (C=O) groups is 1. The maximum atomic E-state index is 11.4. The Bertz CT molecular complexity index is 446. The highest BCUT2D eigenvalue weighted by molar-refractivity contribution is 5.98. The van der Waals surface area contributed by atoms with E-state index in [0.717, 1.165) is 30.6 Å². The second-order valence-corrected chi connectivity index (χ2v) is 5.47. The Morgan fingerprint density at radius 2 is 1.94 bits per heavy atom. The maximum Gasteiger partial charge on any atom is 0.252 e. The van der Waals surface area contributed by atoms with Crippen molar-refractivity contribution in [2.24, 2.45) is 17.6 Å². The van der Waals surface area contributed by atoms with Crippen molar-refractivity contribution in [3.05, 3.63) is 24.0 Å². The topological polar surface area (TPSA) is 59.2 Å². The van der Waals surface area contributed by atoms with Gasteiger partial charge in [0.05, 0.1) is 11.3 Å². The fourth-order valence-electron chi connectivity index (χ4n) is 3.46. The van der Waals surface area contributed by atoms with E-state index in [-0.39, 0.29) is 5.91 Å². The minimum atomic E-state index is -0.382. The van der Waals surface area contributed by atoms with Gasteiger partial charge < -0.3 is 10.6 Å². The van der Waals surface area contributed by atoms with Crippen LogP contribution in [0.3, 0.4) is 0 Å². The van der Waals surface area contributed by atoms with Crippen LogP contribution in [0.4, 0.5) is 5.69 Å². The van der Waals surface area contributed by atoms with Gasteiger partial charge in [0.15, 0.2) is 0 Å². The third-order valence-corrected chi connectivity index (χ3v) is 4.38. The largest absolute Gasteiger partial charge is 0.370 e. The maximum absolute atomic E-state index is 11.4. The van der Waals surface area contributed by atoms with Crippen LogP contribution in [0.5, 0.6) is 0 Å². The molecule has 2 aliphatic rings. The first kappa shape index (κ1) is 11.5. The molecule has 1 aromatic heterocycles. The quantitative estimate of drug-likeness (QED) is 0.864. The Kier molecular flexibility index (Phi) is 2.94. The first-order valence-electron chi connectivity index (χ1n) is 6.74. The monoisotopic (exact) mass is 245 g/mol. The summed E-state index contributed by atoms with van der Waals surface area (Å²) in [5.74, 6) is 1.22. The molecule has 0 aromatic carbocycles. The van der Waals surface area contributed by atoms with E-state index in [0.29, 0.717) is 5.56 Å². The van der Waals surface area contributed by atoms with Crippen LogP contribution in [0.15, 0.2) is 18.5 Å². The molecule has 0 radical (unpaired) electrons. The molecule has 1 saturated carbocycles. The van der Waals surface area contributed by atoms with Crippen molar-refractivity contribution in [1.29, 1.82) is 0 Å². The van der Waals surface area contributed by atoms with Gasteiger partial charge in [0.25, 0.3) is 5.91 Å². The van der Waals surface area contributed by atoms with Crippen molar-refractivity contribution >= 4 is 11.6 Å². The molecule has 0 spiro atoms. The molecule has 1 amide bonds. The second kappa shape index (κ2) is 4.59. The van der Waals surface area contributed by atoms with Crippen molar-refractivity contribution in [2.45, 2.75) is 25.7 Å². The van der Waals surface area contributed by atoms with E-state index < -0.39 is 0 Å². The van der Waals surface area contributed by atoms with Gasteiger partial charge in [-0.05, 0) is 30.7 Å². The Labute approximate surface area is 107 Å². The van der Waals surface area contributed by atoms with Crippen LogP contribution in [0.2, 0.25) is 0 Å². The average Bonchev–Trinajstić information content (AvgIpc) is 2.82. The fourth-order valence-corrected chi connectivity index (χ4v) is 3.46. The summed E-state index contributed by atoms with van der Waals surface area (Å²) in [4.78, 5) is 17.8. The molecule has 4 heteroatoms. The van der Waals surface area contributed by atoms with Crippen molar-refractivity contribution < 1.29 is 4.79 Å². The smallest absolute Gasteiger partial charge is 0.252 e. The molecular weight excluding hydrogens is 226 g/mol. The van der Waals surface area contributed by atoms with E-state index in [1.807, 2.05) is 6.07 Å². The zero-order chi connectivity index (χ0) is 12.5. The highest BCUT2D eigenvalue weighted by atomic mass is 16.1. The Hall–Kier alpha value is -1.58. The summed E-state index contributed by atoms with van der Waals surface area (Å²) in [6.07, 6.45) is 8.70. The first-order valence-corrected chi connectivity index (χ1v) is 6.74. The highest BCUT2D eigenvalue weighted by Crippen LogP contribution is 2.38. The van der Waals surface area contributed by atoms with Gasteiger partial charge in [0, 0.05) is 25.5 Å². The van der Waals surface area contributed by atoms with Gasteiger partial charge in [-0.2, -0.15) is 0 Å². The van der Waals surface area contributed by atoms with Gasteiger partial charge in [-0.3, -0.25) is 9.78 Å². The van der Waals surface area contributed by atoms with Crippen molar-refractivity contribution in [2.75, 3.05) is 18.0 Å². The molecule has 1 aromatic rings. The van der Waals surface area contributed by atoms with Crippen molar-refractivity contribution in [1.82, 2.24) is 4.98 Å². The molecule has 2 atom stereocenters. The zero-order valence-electron chi connectivity index (χ0n) is 10.5. The summed E-state index contributed by atoms with van der Waals surface area (Å²) >= 11 is 0. The standard InChI is InChI=1S/C14H19N3O/c15-14(18)12-7-16-6-5-13(12)17-8-10-3-1-2-4-11(10)9-17/h5-7,10-11H,1-4,8-9H2,(H2,15,18). The van der Waals surface area contributed by atoms with Gasteiger partial charge in [0.2, 0.25) is 0 Å². The van der Waals surface area contributed by atoms with Gasteiger partial charge in [-0.15, -0.1) is 0 Å². The minimum absolute atomic E-state index is 0.382. The van der Waals surface area contributed by atoms with Gasteiger partial charge >= 0.3 is 0 Å². The first-order chi connectivity index (χ1) is 8.75. The van der Waals surface area contributed by atoms with E-state index >= 15 is 0 Å². The van der Waals surface area contributed by atoms with Crippen molar-refractivity contribution in [3.8, 4) is 0 Å². The molecule has 0 bridgehead atoms. The normalized spacial score (nSPS) is 27.0. The number of aromatic nitrogens is 1. The molecule has 2 N–H and O–H groups in total. The predicted molar refractivity (Wildman–Crippen MR) is 70.4 cm³/mol. The number of pyridine rings is 1. The number of rotatable bonds is 2. The molecule has 4 nitrogen and oxygen atoms in total. The third kappa shape index (κ3) is 1.96. The number of carbonyl (C=O) groups excluding carboxylic acids is 1. The van der Waals surface area contributed by atoms with Crippen molar-refractivity contribution in [3.63, 3.8) is 0 Å². The lowest BCUT2D eigenvalue weighted by atomic mass is 9.82. The number of hydrogen-bond donors (Lipinski definition) is 1. The molecule has 1 aliphatic heterocycles. The van der Waals surface area contributed by atoms with E-state index in [4.69, 9.17) is 5.73 Å². The number of nitrogens with two attached hydrogens (primary N) is 1. The second-order valence-electron chi connectivity index (χ2n) is 5.47. The van der Waals surface area contributed by atoms with E-state index in [1.54, 1.807) is 12.4 Å². The summed E-state index contributed by atoms with van der Waals surface area (Å²) in [6.45, 7) is 2.13. The number of nitrogens with zero attached hydrogens (tertiary/aromatic N) is 2. The molecule has 2 fully saturated rings. The third-order valence-electron chi connectivity index (χ3n) is 4.38. The van der Waals surface area contributed by atoms with Crippen LogP contribution in [-0.4, -0.2) is 24.0 Å². The minimum Gasteiger partial charge on any atom is -0.370 e. The number of hydrogen-bond acceptors (Lipinski definition) is 3. The van der Waals surface area contributed by atoms with Gasteiger partial charge in [-0.1, -0.05) is 12.8 Å². The van der Waals surface area contributed by atoms with E-state index in [9.17, 15) is 4.79 Å². The van der Waals surface area contributed by atoms with Gasteiger partial charge in [0.1, 0.15) is 0 Å². The number of primary amides is 1. The SMILES string of the molecule is NC(=O)c1cnccc1N1CC2CCCCC2C1. The summed E-state index contributed by atoms with van der Waals surface area (Å²) < 4.78 is 0. The lowest BCUT2D eigenvalue weighted by Crippen LogP contribution is -2.24. The number of fused-ring (bicyclic) bond motifs is 1. The van der Waals surface area contributed by atoms with E-state index in [2.05, 4.69) is 9.88 Å². The molecule has 2 heterocycles. The molecule has 2 unspecified atom stereocenters. The lowest BCUT2D eigenvalue weighted by Gasteiger charge is -2.22. The van der Waals surface area contributed by atoms with Crippen LogP contribution < -0.4 is 10.6 Å². The number of amides is 1. The van der Waals surface area contributed by atoms with E-state index in [1.165, 1.54) is 25.7 Å². The molecule has 18 heavy (non-hydrogen) atoms. The average molecular weight is 245 g/mol. The predicted octanol–water partition coefficient (Wildman–Crippen LogP) is 1.81. The Morgan fingerprint density at radius 1 is 1.28 bits per heavy atom. The van der Waals surface area contributed by atoms with Crippen LogP contribution in [0, 0.1) is 11.8 Å². The highest BCUT2D eigenvalue weighted by Gasteiger charge is 2.35. The lowest BCUT2D eigenvalue weighted by molar-refractivity contribution is 0.100.